The number of hydrogen-bond acceptors (Lipinski definition) is 0. The minimum atomic E-state index is -0.505. The van der Waals surface area contributed by atoms with Gasteiger partial charge in [0.05, 0.1) is 6.16 Å². The van der Waals surface area contributed by atoms with Crippen LogP contribution >= 0.6 is 7.26 Å². The molecular weight excluding hydrogens is 139 g/mol. The molecule has 0 radical (unpaired) electrons. The summed E-state index contributed by atoms with van der Waals surface area (Å²) in [6, 6.07) is 0. The summed E-state index contributed by atoms with van der Waals surface area (Å²) in [7, 11) is -0.505. The minimum Gasteiger partial charge on any atom is -0.0650 e. The zero-order chi connectivity index (χ0) is 8.20. The van der Waals surface area contributed by atoms with Crippen molar-refractivity contribution in [3.63, 3.8) is 0 Å². The third kappa shape index (κ3) is 5.23. The topological polar surface area (TPSA) is 0 Å². The van der Waals surface area contributed by atoms with Crippen LogP contribution in [0.4, 0.5) is 0 Å². The molecule has 0 aliphatic heterocycles. The second-order valence-corrected chi connectivity index (χ2v) is 9.10. The van der Waals surface area contributed by atoms with Gasteiger partial charge in [-0.25, -0.2) is 0 Å². The lowest BCUT2D eigenvalue weighted by molar-refractivity contribution is 0.549. The minimum absolute atomic E-state index is 0.505. The number of rotatable bonds is 4. The molecule has 0 atom stereocenters. The summed E-state index contributed by atoms with van der Waals surface area (Å²) in [5, 5.41) is 0. The van der Waals surface area contributed by atoms with Crippen LogP contribution in [0.3, 0.4) is 0 Å². The van der Waals surface area contributed by atoms with E-state index in [1.165, 1.54) is 19.0 Å². The zero-order valence-electron chi connectivity index (χ0n) is 8.15. The first-order valence-corrected chi connectivity index (χ1v) is 7.61. The molecule has 0 nitrogen and oxygen atoms in total. The lowest BCUT2D eigenvalue weighted by Crippen LogP contribution is -2.06. The second-order valence-electron chi connectivity index (χ2n) is 4.16. The molecule has 0 rings (SSSR count). The lowest BCUT2D eigenvalue weighted by Gasteiger charge is -2.18. The molecule has 0 unspecified atom stereocenters. The van der Waals surface area contributed by atoms with E-state index in [0.29, 0.717) is 0 Å². The standard InChI is InChI=1S/C9H22P/c1-6-9(7-2)8-10(3,4)5/h9H,6-8H2,1-5H3/q+1. The molecule has 0 aromatic heterocycles. The van der Waals surface area contributed by atoms with Crippen LogP contribution in [0.1, 0.15) is 26.7 Å². The van der Waals surface area contributed by atoms with Gasteiger partial charge in [-0.05, 0) is 18.8 Å². The summed E-state index contributed by atoms with van der Waals surface area (Å²) in [6.45, 7) is 11.9. The average Bonchev–Trinajstić information content (AvgIpc) is 1.81. The van der Waals surface area contributed by atoms with Crippen molar-refractivity contribution in [1.29, 1.82) is 0 Å². The maximum absolute atomic E-state index is 2.44. The predicted octanol–water partition coefficient (Wildman–Crippen LogP) is 3.33. The van der Waals surface area contributed by atoms with Gasteiger partial charge in [-0.1, -0.05) is 13.8 Å². The molecule has 1 heteroatoms. The van der Waals surface area contributed by atoms with Gasteiger partial charge in [0, 0.05) is 27.3 Å². The highest BCUT2D eigenvalue weighted by molar-refractivity contribution is 7.73. The van der Waals surface area contributed by atoms with Gasteiger partial charge in [0.1, 0.15) is 0 Å². The molecular formula is C9H22P+. The van der Waals surface area contributed by atoms with Crippen LogP contribution in [0, 0.1) is 5.92 Å². The smallest absolute Gasteiger partial charge is 0.0614 e. The molecule has 0 aliphatic carbocycles. The van der Waals surface area contributed by atoms with Crippen LogP contribution in [0.2, 0.25) is 0 Å². The first kappa shape index (κ1) is 10.4. The molecule has 0 aromatic rings. The third-order valence-electron chi connectivity index (χ3n) is 1.96. The van der Waals surface area contributed by atoms with E-state index >= 15 is 0 Å². The van der Waals surface area contributed by atoms with Crippen LogP contribution in [0.15, 0.2) is 0 Å². The van der Waals surface area contributed by atoms with Gasteiger partial charge >= 0.3 is 0 Å². The van der Waals surface area contributed by atoms with Crippen LogP contribution in [0.25, 0.3) is 0 Å². The summed E-state index contributed by atoms with van der Waals surface area (Å²) < 4.78 is 0. The molecule has 0 fully saturated rings. The van der Waals surface area contributed by atoms with Crippen LogP contribution in [-0.2, 0) is 0 Å². The molecule has 62 valence electrons. The van der Waals surface area contributed by atoms with E-state index in [0.717, 1.165) is 5.92 Å². The van der Waals surface area contributed by atoms with Crippen molar-refractivity contribution >= 4 is 7.26 Å². The maximum atomic E-state index is 2.44. The molecule has 0 aromatic carbocycles. The van der Waals surface area contributed by atoms with Crippen LogP contribution < -0.4 is 0 Å². The lowest BCUT2D eigenvalue weighted by atomic mass is 10.1. The maximum Gasteiger partial charge on any atom is 0.0614 e. The van der Waals surface area contributed by atoms with Crippen LogP contribution in [0.5, 0.6) is 0 Å². The first-order chi connectivity index (χ1) is 4.49. The SMILES string of the molecule is CCC(CC)C[P+](C)(C)C. The van der Waals surface area contributed by atoms with E-state index in [1.54, 1.807) is 0 Å². The first-order valence-electron chi connectivity index (χ1n) is 4.30. The summed E-state index contributed by atoms with van der Waals surface area (Å²) in [4.78, 5) is 0. The van der Waals surface area contributed by atoms with Crippen molar-refractivity contribution in [2.75, 3.05) is 26.2 Å². The molecule has 0 spiro atoms. The second kappa shape index (κ2) is 4.34. The Bertz CT molecular complexity index is 77.2. The predicted molar refractivity (Wildman–Crippen MR) is 53.6 cm³/mol. The van der Waals surface area contributed by atoms with Gasteiger partial charge in [0.2, 0.25) is 0 Å². The zero-order valence-corrected chi connectivity index (χ0v) is 9.04. The summed E-state index contributed by atoms with van der Waals surface area (Å²) >= 11 is 0. The molecule has 0 saturated heterocycles. The van der Waals surface area contributed by atoms with Gasteiger partial charge < -0.3 is 0 Å². The van der Waals surface area contributed by atoms with Gasteiger partial charge in [-0.2, -0.15) is 0 Å². The average molecular weight is 161 g/mol. The van der Waals surface area contributed by atoms with Crippen molar-refractivity contribution < 1.29 is 0 Å². The van der Waals surface area contributed by atoms with E-state index in [9.17, 15) is 0 Å². The van der Waals surface area contributed by atoms with Gasteiger partial charge in [-0.3, -0.25) is 0 Å². The Morgan fingerprint density at radius 3 is 1.50 bits per heavy atom. The Morgan fingerprint density at radius 2 is 1.40 bits per heavy atom. The molecule has 0 amide bonds. The third-order valence-corrected chi connectivity index (χ3v) is 3.57. The Labute approximate surface area is 66.7 Å². The Kier molecular flexibility index (Phi) is 4.52. The monoisotopic (exact) mass is 161 g/mol. The van der Waals surface area contributed by atoms with E-state index in [-0.39, 0.29) is 0 Å². The fourth-order valence-corrected chi connectivity index (χ4v) is 3.39. The van der Waals surface area contributed by atoms with E-state index in [4.69, 9.17) is 0 Å². The van der Waals surface area contributed by atoms with E-state index < -0.39 is 7.26 Å². The highest BCUT2D eigenvalue weighted by atomic mass is 31.2. The Balaban J connectivity index is 3.63. The number of hydrogen-bond donors (Lipinski definition) is 0. The van der Waals surface area contributed by atoms with Crippen molar-refractivity contribution in [2.24, 2.45) is 5.92 Å². The molecule has 10 heavy (non-hydrogen) atoms. The van der Waals surface area contributed by atoms with E-state index in [1.807, 2.05) is 0 Å². The quantitative estimate of drug-likeness (QED) is 0.555. The van der Waals surface area contributed by atoms with Crippen molar-refractivity contribution in [2.45, 2.75) is 26.7 Å². The van der Waals surface area contributed by atoms with Crippen molar-refractivity contribution in [3.8, 4) is 0 Å². The summed E-state index contributed by atoms with van der Waals surface area (Å²) in [5.74, 6) is 0.994. The highest BCUT2D eigenvalue weighted by Crippen LogP contribution is 2.49. The van der Waals surface area contributed by atoms with Crippen molar-refractivity contribution in [1.82, 2.24) is 0 Å². The molecule has 0 saturated carbocycles. The summed E-state index contributed by atoms with van der Waals surface area (Å²) in [6.07, 6.45) is 4.22. The largest absolute Gasteiger partial charge is 0.0650 e. The van der Waals surface area contributed by atoms with E-state index in [2.05, 4.69) is 33.8 Å². The van der Waals surface area contributed by atoms with Crippen molar-refractivity contribution in [3.05, 3.63) is 0 Å². The fourth-order valence-electron chi connectivity index (χ4n) is 1.32. The van der Waals surface area contributed by atoms with Crippen LogP contribution in [-0.4, -0.2) is 26.2 Å². The molecule has 0 heterocycles. The van der Waals surface area contributed by atoms with Gasteiger partial charge in [0.15, 0.2) is 0 Å². The fraction of sp³-hybridized carbons (Fsp3) is 1.00. The Hall–Kier alpha value is 0.430. The Morgan fingerprint density at radius 1 is 1.00 bits per heavy atom. The highest BCUT2D eigenvalue weighted by Gasteiger charge is 2.21. The summed E-state index contributed by atoms with van der Waals surface area (Å²) in [5.41, 5.74) is 0. The molecule has 0 N–H and O–H groups in total. The molecule has 0 aliphatic rings. The molecule has 0 bridgehead atoms. The van der Waals surface area contributed by atoms with Gasteiger partial charge in [0.25, 0.3) is 0 Å². The normalized spacial score (nSPS) is 12.6. The van der Waals surface area contributed by atoms with Gasteiger partial charge in [-0.15, -0.1) is 0 Å².